The molecule has 0 atom stereocenters. The lowest BCUT2D eigenvalue weighted by molar-refractivity contribution is 0.979. The molecule has 1 aliphatic rings. The summed E-state index contributed by atoms with van der Waals surface area (Å²) in [5.41, 5.74) is 10.8. The van der Waals surface area contributed by atoms with Gasteiger partial charge in [-0.3, -0.25) is 0 Å². The average molecular weight is 578 g/mol. The Bertz CT molecular complexity index is 2420. The van der Waals surface area contributed by atoms with Gasteiger partial charge in [0.05, 0.1) is 22.1 Å². The Morgan fingerprint density at radius 1 is 0.444 bits per heavy atom. The van der Waals surface area contributed by atoms with Gasteiger partial charge in [-0.1, -0.05) is 84.9 Å². The van der Waals surface area contributed by atoms with E-state index in [1.54, 1.807) is 0 Å². The van der Waals surface area contributed by atoms with Gasteiger partial charge in [-0.2, -0.15) is 0 Å². The Hall–Kier alpha value is -5.80. The molecule has 0 saturated heterocycles. The van der Waals surface area contributed by atoms with Crippen LogP contribution in [0.1, 0.15) is 12.8 Å². The van der Waals surface area contributed by atoms with Gasteiger partial charge in [0, 0.05) is 50.0 Å². The molecule has 0 N–H and O–H groups in total. The molecular formula is C42H31N3. The van der Waals surface area contributed by atoms with Gasteiger partial charge < -0.3 is 14.0 Å². The second-order valence-corrected chi connectivity index (χ2v) is 11.7. The van der Waals surface area contributed by atoms with Gasteiger partial charge in [0.2, 0.25) is 0 Å². The van der Waals surface area contributed by atoms with Crippen molar-refractivity contribution < 1.29 is 0 Å². The topological polar surface area (TPSA) is 13.1 Å². The van der Waals surface area contributed by atoms with Crippen molar-refractivity contribution in [1.82, 2.24) is 9.13 Å². The number of benzene rings is 6. The van der Waals surface area contributed by atoms with Gasteiger partial charge in [-0.15, -0.1) is 0 Å². The van der Waals surface area contributed by atoms with Crippen molar-refractivity contribution in [2.45, 2.75) is 12.8 Å². The highest BCUT2D eigenvalue weighted by Crippen LogP contribution is 2.42. The zero-order chi connectivity index (χ0) is 29.7. The third-order valence-electron chi connectivity index (χ3n) is 9.14. The fourth-order valence-corrected chi connectivity index (χ4v) is 7.17. The molecular weight excluding hydrogens is 546 g/mol. The van der Waals surface area contributed by atoms with Gasteiger partial charge in [-0.05, 0) is 91.7 Å². The standard InChI is InChI=1S/C42H31N3/c1-4-14-30(15-5-1)43(33-24-26-41-37(28-33)35-20-10-12-22-39(35)44(41)31-16-6-2-7-17-31)34-25-27-42-38(29-34)36-21-11-13-23-40(36)45(42)32-18-8-3-9-19-32/h1-8,10-18,20-29H,9,19H2. The predicted molar refractivity (Wildman–Crippen MR) is 191 cm³/mol. The molecule has 3 heteroatoms. The van der Waals surface area contributed by atoms with Crippen molar-refractivity contribution in [2.75, 3.05) is 4.90 Å². The van der Waals surface area contributed by atoms with Crippen LogP contribution < -0.4 is 4.90 Å². The van der Waals surface area contributed by atoms with E-state index in [0.717, 1.165) is 29.9 Å². The molecule has 0 saturated carbocycles. The number of hydrogen-bond acceptors (Lipinski definition) is 1. The van der Waals surface area contributed by atoms with Crippen LogP contribution >= 0.6 is 0 Å². The summed E-state index contributed by atoms with van der Waals surface area (Å²) in [7, 11) is 0. The summed E-state index contributed by atoms with van der Waals surface area (Å²) in [6.45, 7) is 0. The van der Waals surface area contributed by atoms with Crippen LogP contribution in [0.4, 0.5) is 17.1 Å². The third-order valence-corrected chi connectivity index (χ3v) is 9.14. The van der Waals surface area contributed by atoms with Crippen molar-refractivity contribution in [2.24, 2.45) is 0 Å². The Labute approximate surface area is 262 Å². The summed E-state index contributed by atoms with van der Waals surface area (Å²) in [5.74, 6) is 0. The minimum Gasteiger partial charge on any atom is -0.313 e. The van der Waals surface area contributed by atoms with Crippen LogP contribution in [0.15, 0.2) is 164 Å². The lowest BCUT2D eigenvalue weighted by Gasteiger charge is -2.26. The van der Waals surface area contributed by atoms with Crippen molar-refractivity contribution in [3.8, 4) is 5.69 Å². The summed E-state index contributed by atoms with van der Waals surface area (Å²) in [6.07, 6.45) is 8.82. The van der Waals surface area contributed by atoms with E-state index < -0.39 is 0 Å². The number of hydrogen-bond donors (Lipinski definition) is 0. The molecule has 0 spiro atoms. The first-order chi connectivity index (χ1) is 22.3. The fourth-order valence-electron chi connectivity index (χ4n) is 7.17. The molecule has 45 heavy (non-hydrogen) atoms. The van der Waals surface area contributed by atoms with Crippen LogP contribution in [-0.2, 0) is 0 Å². The lowest BCUT2D eigenvalue weighted by atomic mass is 10.1. The van der Waals surface area contributed by atoms with Crippen molar-refractivity contribution >= 4 is 66.4 Å². The first-order valence-corrected chi connectivity index (χ1v) is 15.7. The molecule has 0 bridgehead atoms. The molecule has 6 aromatic carbocycles. The number of aromatic nitrogens is 2. The summed E-state index contributed by atoms with van der Waals surface area (Å²) in [5, 5.41) is 5.03. The zero-order valence-corrected chi connectivity index (χ0v) is 24.8. The highest BCUT2D eigenvalue weighted by atomic mass is 15.1. The molecule has 9 rings (SSSR count). The molecule has 2 heterocycles. The predicted octanol–water partition coefficient (Wildman–Crippen LogP) is 11.6. The van der Waals surface area contributed by atoms with Gasteiger partial charge in [-0.25, -0.2) is 0 Å². The summed E-state index contributed by atoms with van der Waals surface area (Å²) >= 11 is 0. The van der Waals surface area contributed by atoms with E-state index in [9.17, 15) is 0 Å². The first-order valence-electron chi connectivity index (χ1n) is 15.7. The van der Waals surface area contributed by atoms with E-state index in [1.165, 1.54) is 55.0 Å². The van der Waals surface area contributed by atoms with Gasteiger partial charge in [0.25, 0.3) is 0 Å². The first kappa shape index (κ1) is 25.7. The van der Waals surface area contributed by atoms with Crippen LogP contribution in [0.2, 0.25) is 0 Å². The second-order valence-electron chi connectivity index (χ2n) is 11.7. The molecule has 3 nitrogen and oxygen atoms in total. The van der Waals surface area contributed by atoms with Crippen LogP contribution in [0.25, 0.3) is 55.0 Å². The van der Waals surface area contributed by atoms with E-state index in [0.29, 0.717) is 0 Å². The van der Waals surface area contributed by atoms with Crippen molar-refractivity contribution in [1.29, 1.82) is 0 Å². The smallest absolute Gasteiger partial charge is 0.0542 e. The minimum atomic E-state index is 1.04. The monoisotopic (exact) mass is 577 g/mol. The van der Waals surface area contributed by atoms with Crippen LogP contribution in [0.3, 0.4) is 0 Å². The molecule has 1 aliphatic carbocycles. The average Bonchev–Trinajstić information content (AvgIpc) is 3.62. The maximum absolute atomic E-state index is 2.45. The minimum absolute atomic E-state index is 1.04. The van der Waals surface area contributed by atoms with Crippen LogP contribution in [0, 0.1) is 0 Å². The van der Waals surface area contributed by atoms with Crippen LogP contribution in [-0.4, -0.2) is 9.13 Å². The van der Waals surface area contributed by atoms with Gasteiger partial charge in [0.15, 0.2) is 0 Å². The highest BCUT2D eigenvalue weighted by Gasteiger charge is 2.20. The maximum Gasteiger partial charge on any atom is 0.0542 e. The Balaban J connectivity index is 1.28. The van der Waals surface area contributed by atoms with E-state index in [2.05, 4.69) is 178 Å². The van der Waals surface area contributed by atoms with Crippen molar-refractivity contribution in [3.05, 3.63) is 164 Å². The highest BCUT2D eigenvalue weighted by molar-refractivity contribution is 6.13. The molecule has 0 amide bonds. The van der Waals surface area contributed by atoms with Gasteiger partial charge in [0.1, 0.15) is 0 Å². The third kappa shape index (κ3) is 4.12. The largest absolute Gasteiger partial charge is 0.313 e. The molecule has 0 unspecified atom stereocenters. The molecule has 0 aliphatic heterocycles. The molecule has 0 radical (unpaired) electrons. The Morgan fingerprint density at radius 3 is 1.60 bits per heavy atom. The number of rotatable bonds is 5. The van der Waals surface area contributed by atoms with E-state index in [-0.39, 0.29) is 0 Å². The summed E-state index contributed by atoms with van der Waals surface area (Å²) in [4.78, 5) is 2.39. The number of para-hydroxylation sites is 4. The molecule has 214 valence electrons. The summed E-state index contributed by atoms with van der Waals surface area (Å²) in [6, 6.07) is 52.8. The quantitative estimate of drug-likeness (QED) is 0.198. The molecule has 8 aromatic rings. The summed E-state index contributed by atoms with van der Waals surface area (Å²) < 4.78 is 4.83. The molecule has 0 fully saturated rings. The normalized spacial score (nSPS) is 13.2. The van der Waals surface area contributed by atoms with E-state index >= 15 is 0 Å². The Kier molecular flexibility index (Phi) is 5.95. The van der Waals surface area contributed by atoms with E-state index in [1.807, 2.05) is 0 Å². The zero-order valence-electron chi connectivity index (χ0n) is 24.8. The number of nitrogens with zero attached hydrogens (tertiary/aromatic N) is 3. The SMILES string of the molecule is C1=CCCC(n2c3ccccc3c3cc(N(c4ccccc4)c4ccc5c(c4)c4ccccc4n5-c4ccccc4)ccc32)=C1. The van der Waals surface area contributed by atoms with Crippen molar-refractivity contribution in [3.63, 3.8) is 0 Å². The lowest BCUT2D eigenvalue weighted by Crippen LogP contribution is -2.10. The van der Waals surface area contributed by atoms with Gasteiger partial charge >= 0.3 is 0 Å². The number of fused-ring (bicyclic) bond motifs is 6. The number of anilines is 3. The van der Waals surface area contributed by atoms with E-state index in [4.69, 9.17) is 0 Å². The maximum atomic E-state index is 2.45. The molecule has 2 aromatic heterocycles. The van der Waals surface area contributed by atoms with Crippen LogP contribution in [0.5, 0.6) is 0 Å². The second kappa shape index (κ2) is 10.4. The Morgan fingerprint density at radius 2 is 0.978 bits per heavy atom. The number of allylic oxidation sites excluding steroid dienone is 4. The fraction of sp³-hybridized carbons (Fsp3) is 0.0476.